The van der Waals surface area contributed by atoms with E-state index in [0.29, 0.717) is 24.7 Å². The Balaban J connectivity index is 0.000000228. The van der Waals surface area contributed by atoms with Crippen molar-refractivity contribution in [3.63, 3.8) is 0 Å². The first-order chi connectivity index (χ1) is 26.8. The van der Waals surface area contributed by atoms with Gasteiger partial charge in [-0.3, -0.25) is 9.59 Å². The second-order valence-corrected chi connectivity index (χ2v) is 18.1. The van der Waals surface area contributed by atoms with Crippen molar-refractivity contribution in [2.24, 2.45) is 0 Å². The Hall–Kier alpha value is -3.43. The summed E-state index contributed by atoms with van der Waals surface area (Å²) >= 11 is -0.826. The molecule has 0 saturated heterocycles. The van der Waals surface area contributed by atoms with Gasteiger partial charge in [-0.25, -0.2) is 0 Å². The summed E-state index contributed by atoms with van der Waals surface area (Å²) in [7, 11) is 11.1. The summed E-state index contributed by atoms with van der Waals surface area (Å²) in [5.74, 6) is 1.04. The third-order valence-electron chi connectivity index (χ3n) is 10.8. The third-order valence-corrected chi connectivity index (χ3v) is 10.8. The number of hydrogen-bond donors (Lipinski definition) is 2. The minimum absolute atomic E-state index is 0.110. The van der Waals surface area contributed by atoms with Crippen LogP contribution < -0.4 is 10.5 Å². The zero-order chi connectivity index (χ0) is 41.4. The van der Waals surface area contributed by atoms with Crippen molar-refractivity contribution in [2.45, 2.75) is 107 Å². The molecular weight excluding hydrogens is 809 g/mol. The van der Waals surface area contributed by atoms with E-state index in [4.69, 9.17) is 17.0 Å². The molecule has 0 aromatic heterocycles. The van der Waals surface area contributed by atoms with Gasteiger partial charge in [0.2, 0.25) is 11.8 Å². The Kier molecular flexibility index (Phi) is 19.9. The number of carbonyl (C=O) groups excluding carboxylic acids is 2. The fourth-order valence-electron chi connectivity index (χ4n) is 6.51. The van der Waals surface area contributed by atoms with Crippen LogP contribution >= 0.6 is 17.0 Å². The predicted molar refractivity (Wildman–Crippen MR) is 241 cm³/mol. The molecule has 0 aliphatic heterocycles. The van der Waals surface area contributed by atoms with Gasteiger partial charge < -0.3 is 10.5 Å². The summed E-state index contributed by atoms with van der Waals surface area (Å²) < 4.78 is 0. The summed E-state index contributed by atoms with van der Waals surface area (Å²) in [4.78, 5) is 21.2. The van der Waals surface area contributed by atoms with Crippen LogP contribution in [-0.2, 0) is 30.4 Å². The molecule has 0 heterocycles. The molecule has 2 N–H and O–H groups in total. The van der Waals surface area contributed by atoms with Crippen molar-refractivity contribution in [1.82, 2.24) is 10.5 Å². The molecule has 2 unspecified atom stereocenters. The maximum atomic E-state index is 10.6. The predicted octanol–water partition coefficient (Wildman–Crippen LogP) is 13.7. The van der Waals surface area contributed by atoms with Crippen molar-refractivity contribution in [1.29, 1.82) is 0 Å². The number of amides is 2. The summed E-state index contributed by atoms with van der Waals surface area (Å²) in [5, 5.41) is 10.3. The van der Waals surface area contributed by atoms with Crippen LogP contribution in [0.3, 0.4) is 0 Å². The molecule has 6 aromatic carbocycles. The summed E-state index contributed by atoms with van der Waals surface area (Å²) in [6.45, 7) is 21.4. The Labute approximate surface area is 355 Å². The number of aryl methyl sites for hydroxylation is 2. The van der Waals surface area contributed by atoms with E-state index < -0.39 is 20.8 Å². The van der Waals surface area contributed by atoms with E-state index in [9.17, 15) is 9.59 Å². The number of hydrogen-bond acceptors (Lipinski definition) is 2. The van der Waals surface area contributed by atoms with Crippen LogP contribution in [0.5, 0.6) is 0 Å². The van der Waals surface area contributed by atoms with Gasteiger partial charge in [-0.15, -0.1) is 69.1 Å². The zero-order valence-electron chi connectivity index (χ0n) is 34.9. The van der Waals surface area contributed by atoms with Crippen LogP contribution in [0.2, 0.25) is 0 Å². The molecule has 6 aromatic rings. The third kappa shape index (κ3) is 12.8. The summed E-state index contributed by atoms with van der Waals surface area (Å²) in [6, 6.07) is 36.0. The van der Waals surface area contributed by atoms with E-state index in [2.05, 4.69) is 163 Å². The van der Waals surface area contributed by atoms with Gasteiger partial charge in [0, 0.05) is 12.8 Å². The molecule has 0 saturated carbocycles. The SMILES string of the molecule is CCC(=O)N[B]NC(=O)CC.CCC(C)c1cc2c(-c3cccc(C)c3C)cccc2[cH-]1.CCC(C)c1cc2c(-c3cccc(C)c3C)cccc2[cH-]1.[Cl][Zr+2][Cl]. The fraction of sp³-hybridized carbons (Fsp3) is 0.333. The molecule has 4 nitrogen and oxygen atoms in total. The van der Waals surface area contributed by atoms with Gasteiger partial charge >= 0.3 is 45.4 Å². The normalized spacial score (nSPS) is 11.4. The monoisotopic (exact) mass is 865 g/mol. The van der Waals surface area contributed by atoms with E-state index >= 15 is 0 Å². The number of benzene rings is 4. The topological polar surface area (TPSA) is 58.2 Å². The number of nitrogens with one attached hydrogen (secondary N) is 2. The molecule has 0 bridgehead atoms. The molecular formula is C48H58BCl2N2O2Zr. The first-order valence-electron chi connectivity index (χ1n) is 19.7. The van der Waals surface area contributed by atoms with Crippen molar-refractivity contribution in [2.75, 3.05) is 0 Å². The van der Waals surface area contributed by atoms with E-state index in [1.165, 1.54) is 97.6 Å². The number of carbonyl (C=O) groups is 2. The second-order valence-electron chi connectivity index (χ2n) is 14.4. The Morgan fingerprint density at radius 1 is 0.607 bits per heavy atom. The molecule has 2 atom stereocenters. The van der Waals surface area contributed by atoms with Crippen molar-refractivity contribution in [3.05, 3.63) is 130 Å². The van der Waals surface area contributed by atoms with E-state index in [1.54, 1.807) is 13.8 Å². The van der Waals surface area contributed by atoms with Crippen LogP contribution in [0.15, 0.2) is 97.1 Å². The molecule has 1 radical (unpaired) electrons. The Morgan fingerprint density at radius 3 is 1.29 bits per heavy atom. The van der Waals surface area contributed by atoms with Gasteiger partial charge in [0.1, 0.15) is 0 Å². The average molecular weight is 868 g/mol. The zero-order valence-corrected chi connectivity index (χ0v) is 38.8. The van der Waals surface area contributed by atoms with Gasteiger partial charge in [0.15, 0.2) is 0 Å². The molecule has 0 fully saturated rings. The fourth-order valence-corrected chi connectivity index (χ4v) is 6.51. The average Bonchev–Trinajstić information content (AvgIpc) is 3.86. The molecule has 8 heteroatoms. The van der Waals surface area contributed by atoms with Crippen LogP contribution in [-0.4, -0.2) is 19.4 Å². The number of halogens is 2. The molecule has 0 aliphatic rings. The first kappa shape index (κ1) is 46.9. The minimum atomic E-state index is -0.826. The van der Waals surface area contributed by atoms with E-state index in [-0.39, 0.29) is 11.8 Å². The molecule has 293 valence electrons. The van der Waals surface area contributed by atoms with Crippen molar-refractivity contribution in [3.8, 4) is 22.3 Å². The first-order valence-corrected chi connectivity index (χ1v) is 26.1. The molecule has 2 amide bonds. The Bertz CT molecular complexity index is 2020. The summed E-state index contributed by atoms with van der Waals surface area (Å²) in [5.41, 5.74) is 13.9. The molecule has 0 spiro atoms. The number of fused-ring (bicyclic) bond motifs is 2. The van der Waals surface area contributed by atoms with Crippen LogP contribution in [0.25, 0.3) is 43.8 Å². The van der Waals surface area contributed by atoms with Crippen molar-refractivity contribution >= 4 is 57.9 Å². The quantitative estimate of drug-likeness (QED) is 0.106. The van der Waals surface area contributed by atoms with Gasteiger partial charge in [0.25, 0.3) is 0 Å². The van der Waals surface area contributed by atoms with Crippen molar-refractivity contribution < 1.29 is 30.4 Å². The molecule has 0 aliphatic carbocycles. The summed E-state index contributed by atoms with van der Waals surface area (Å²) in [6.07, 6.45) is 3.21. The van der Waals surface area contributed by atoms with E-state index in [1.807, 2.05) is 0 Å². The second kappa shape index (κ2) is 23.7. The van der Waals surface area contributed by atoms with E-state index in [0.717, 1.165) is 0 Å². The standard InChI is InChI=1S/2C21H23.C6H12BN2O2.2ClH.Zr/c2*1-5-14(2)18-12-17-9-7-11-20(21(17)13-18)19-10-6-8-15(3)16(19)4;1-3-5(10)8-7-9-6(11)4-2;;;/h2*6-14H,5H2,1-4H3;3-4H2,1-2H3,(H,8,10)(H,9,11);2*1H;/q2*-1;;;;+4/p-2. The van der Waals surface area contributed by atoms with Gasteiger partial charge in [0.05, 0.1) is 0 Å². The Morgan fingerprint density at radius 2 is 0.946 bits per heavy atom. The van der Waals surface area contributed by atoms with Crippen LogP contribution in [0, 0.1) is 27.7 Å². The van der Waals surface area contributed by atoms with Gasteiger partial charge in [-0.2, -0.15) is 12.1 Å². The van der Waals surface area contributed by atoms with Crippen LogP contribution in [0.1, 0.15) is 112 Å². The number of rotatable bonds is 10. The van der Waals surface area contributed by atoms with Crippen LogP contribution in [0.4, 0.5) is 0 Å². The molecule has 56 heavy (non-hydrogen) atoms. The van der Waals surface area contributed by atoms with Gasteiger partial charge in [-0.1, -0.05) is 114 Å². The maximum absolute atomic E-state index is 10.6. The molecule has 6 rings (SSSR count). The van der Waals surface area contributed by atoms with Gasteiger partial charge in [-0.05, 0) is 72.9 Å².